The third-order valence-electron chi connectivity index (χ3n) is 6.82. The number of benzene rings is 4. The summed E-state index contributed by atoms with van der Waals surface area (Å²) in [6.07, 6.45) is 8.26. The Morgan fingerprint density at radius 1 is 0.619 bits per heavy atom. The monoisotopic (exact) mass is 712 g/mol. The molecule has 0 bridgehead atoms. The Hall–Kier alpha value is -1.73. The molecule has 0 spiro atoms. The molecule has 8 heteroatoms. The second-order valence-corrected chi connectivity index (χ2v) is 15.0. The fourth-order valence-electron chi connectivity index (χ4n) is 5.26. The molecule has 42 heavy (non-hydrogen) atoms. The molecule has 0 heterocycles. The molecular formula is C34H37ClO4P2Pd-. The Balaban J connectivity index is 0.000000612. The Bertz CT molecular complexity index is 1180. The molecule has 1 saturated carbocycles. The van der Waals surface area contributed by atoms with Gasteiger partial charge in [0.25, 0.3) is 0 Å². The van der Waals surface area contributed by atoms with Gasteiger partial charge in [0, 0.05) is 20.4 Å². The summed E-state index contributed by atoms with van der Waals surface area (Å²) in [6, 6.07) is 45.3. The van der Waals surface area contributed by atoms with E-state index in [1.54, 1.807) is 10.6 Å². The molecule has 4 aromatic carbocycles. The normalized spacial score (nSPS) is 16.3. The van der Waals surface area contributed by atoms with Gasteiger partial charge in [0.05, 0.1) is 0 Å². The molecule has 0 aliphatic heterocycles. The molecule has 1 aliphatic rings. The minimum absolute atomic E-state index is 0. The van der Waals surface area contributed by atoms with Gasteiger partial charge >= 0.3 is 0 Å². The predicted molar refractivity (Wildman–Crippen MR) is 164 cm³/mol. The largest absolute Gasteiger partial charge is 0.222 e. The van der Waals surface area contributed by atoms with Crippen LogP contribution in [-0.4, -0.2) is 11.8 Å². The van der Waals surface area contributed by atoms with Crippen molar-refractivity contribution in [1.29, 1.82) is 0 Å². The molecule has 0 aromatic heterocycles. The summed E-state index contributed by atoms with van der Waals surface area (Å²) < 4.78 is 34.0. The van der Waals surface area contributed by atoms with E-state index in [0.29, 0.717) is 0 Å². The first-order valence-electron chi connectivity index (χ1n) is 13.6. The minimum Gasteiger partial charge on any atom is -0.222 e. The standard InChI is InChI=1S/C31H32P2.C3H5.ClHO4.Pd/c1-5-16-27(17-6-1)32(28-18-7-2-8-19-28)25-26-15-13-14-24-31(26)33(29-20-9-3-10-21-29)30-22-11-4-12-23-30;1-3-2;2-1(3,4)5;/h1-12,16-23,26,31H,13-15,24-25H2;3H,1-2H2;(H,2,3,4,5);/p-1/t26-,31+;;;/m0.../s1. The van der Waals surface area contributed by atoms with Crippen LogP contribution >= 0.6 is 15.8 Å². The maximum atomic E-state index is 8.49. The smallest absolute Gasteiger partial charge is 0 e. The maximum Gasteiger partial charge on any atom is 0 e. The summed E-state index contributed by atoms with van der Waals surface area (Å²) in [4.78, 5) is 0. The van der Waals surface area contributed by atoms with Crippen molar-refractivity contribution in [2.75, 3.05) is 6.16 Å². The maximum absolute atomic E-state index is 8.49. The van der Waals surface area contributed by atoms with Gasteiger partial charge in [-0.25, -0.2) is 18.6 Å². The van der Waals surface area contributed by atoms with Crippen molar-refractivity contribution in [3.05, 3.63) is 141 Å². The first-order chi connectivity index (χ1) is 19.8. The van der Waals surface area contributed by atoms with E-state index in [4.69, 9.17) is 18.6 Å². The fourth-order valence-corrected chi connectivity index (χ4v) is 11.3. The average Bonchev–Trinajstić information content (AvgIpc) is 2.98. The van der Waals surface area contributed by atoms with Crippen LogP contribution < -0.4 is 39.9 Å². The van der Waals surface area contributed by atoms with Gasteiger partial charge in [-0.1, -0.05) is 140 Å². The Kier molecular flexibility index (Phi) is 17.0. The number of hydrogen-bond donors (Lipinski definition) is 0. The van der Waals surface area contributed by atoms with Gasteiger partial charge in [-0.15, -0.1) is 16.8 Å². The van der Waals surface area contributed by atoms with Gasteiger partial charge in [-0.05, 0) is 74.6 Å². The van der Waals surface area contributed by atoms with E-state index in [9.17, 15) is 0 Å². The molecule has 225 valence electrons. The van der Waals surface area contributed by atoms with Crippen LogP contribution in [0.4, 0.5) is 0 Å². The zero-order valence-corrected chi connectivity index (χ0v) is 27.5. The first kappa shape index (κ1) is 36.5. The van der Waals surface area contributed by atoms with E-state index < -0.39 is 10.2 Å². The molecular weight excluding hydrogens is 676 g/mol. The van der Waals surface area contributed by atoms with Crippen LogP contribution in [0, 0.1) is 23.1 Å². The molecule has 2 atom stereocenters. The van der Waals surface area contributed by atoms with Crippen LogP contribution in [0.3, 0.4) is 0 Å². The van der Waals surface area contributed by atoms with Crippen LogP contribution in [-0.2, 0) is 20.4 Å². The van der Waals surface area contributed by atoms with Gasteiger partial charge in [0.1, 0.15) is 0 Å². The van der Waals surface area contributed by atoms with E-state index in [1.165, 1.54) is 48.5 Å². The van der Waals surface area contributed by atoms with Crippen molar-refractivity contribution in [2.45, 2.75) is 31.3 Å². The van der Waals surface area contributed by atoms with Crippen LogP contribution in [0.25, 0.3) is 0 Å². The number of rotatable bonds is 7. The SMILES string of the molecule is [CH2]C=C.[O-][Cl+3]([O-])([O-])[O-].[Pd].c1ccc(P(C[C@@H]2CCCC[C@H]2P(c2ccccc2)c2ccccc2)c2ccccc2)cc1. The summed E-state index contributed by atoms with van der Waals surface area (Å²) in [6.45, 7) is 6.50. The minimum atomic E-state index is -4.94. The molecule has 5 rings (SSSR count). The van der Waals surface area contributed by atoms with Crippen LogP contribution in [0.1, 0.15) is 25.7 Å². The topological polar surface area (TPSA) is 92.2 Å². The molecule has 1 radical (unpaired) electrons. The molecule has 1 fully saturated rings. The Labute approximate surface area is 269 Å². The van der Waals surface area contributed by atoms with Crippen molar-refractivity contribution in [2.24, 2.45) is 5.92 Å². The summed E-state index contributed by atoms with van der Waals surface area (Å²) in [5, 5.41) is 6.12. The van der Waals surface area contributed by atoms with Gasteiger partial charge in [0.15, 0.2) is 0 Å². The summed E-state index contributed by atoms with van der Waals surface area (Å²) in [7, 11) is -5.66. The van der Waals surface area contributed by atoms with Crippen LogP contribution in [0.5, 0.6) is 0 Å². The Morgan fingerprint density at radius 2 is 0.929 bits per heavy atom. The van der Waals surface area contributed by atoms with Gasteiger partial charge < -0.3 is 0 Å². The van der Waals surface area contributed by atoms with Crippen molar-refractivity contribution < 1.29 is 49.3 Å². The molecule has 1 aliphatic carbocycles. The molecule has 4 nitrogen and oxygen atoms in total. The molecule has 0 saturated heterocycles. The first-order valence-corrected chi connectivity index (χ1v) is 17.8. The van der Waals surface area contributed by atoms with Crippen molar-refractivity contribution in [3.63, 3.8) is 0 Å². The molecule has 4 aromatic rings. The van der Waals surface area contributed by atoms with E-state index in [2.05, 4.69) is 135 Å². The third kappa shape index (κ3) is 12.5. The van der Waals surface area contributed by atoms with Gasteiger partial charge in [-0.2, -0.15) is 0 Å². The number of halogens is 1. The number of allylic oxidation sites excluding steroid dienone is 1. The molecule has 0 N–H and O–H groups in total. The van der Waals surface area contributed by atoms with Crippen molar-refractivity contribution in [3.8, 4) is 0 Å². The average molecular weight is 713 g/mol. The predicted octanol–water partition coefficient (Wildman–Crippen LogP) is 3.06. The van der Waals surface area contributed by atoms with Crippen LogP contribution in [0.15, 0.2) is 134 Å². The van der Waals surface area contributed by atoms with E-state index >= 15 is 0 Å². The van der Waals surface area contributed by atoms with E-state index in [1.807, 2.05) is 0 Å². The second kappa shape index (κ2) is 19.5. The Morgan fingerprint density at radius 3 is 1.29 bits per heavy atom. The number of hydrogen-bond acceptors (Lipinski definition) is 4. The summed E-state index contributed by atoms with van der Waals surface area (Å²) in [5.41, 5.74) is 0.746. The fraction of sp³-hybridized carbons (Fsp3) is 0.206. The van der Waals surface area contributed by atoms with Crippen molar-refractivity contribution >= 4 is 37.1 Å². The van der Waals surface area contributed by atoms with Crippen molar-refractivity contribution in [1.82, 2.24) is 0 Å². The van der Waals surface area contributed by atoms with E-state index in [-0.39, 0.29) is 36.3 Å². The quantitative estimate of drug-likeness (QED) is 0.218. The zero-order chi connectivity index (χ0) is 29.5. The summed E-state index contributed by atoms with van der Waals surface area (Å²) in [5.74, 6) is 0.761. The molecule has 0 unspecified atom stereocenters. The van der Waals surface area contributed by atoms with Crippen LogP contribution in [0.2, 0.25) is 0 Å². The van der Waals surface area contributed by atoms with E-state index in [0.717, 1.165) is 11.6 Å². The molecule has 0 amide bonds. The second-order valence-electron chi connectivity index (χ2n) is 9.60. The van der Waals surface area contributed by atoms with Gasteiger partial charge in [-0.3, -0.25) is 0 Å². The zero-order valence-electron chi connectivity index (χ0n) is 23.5. The van der Waals surface area contributed by atoms with Gasteiger partial charge in [0.2, 0.25) is 0 Å². The third-order valence-corrected chi connectivity index (χ3v) is 12.6. The summed E-state index contributed by atoms with van der Waals surface area (Å²) >= 11 is 0.